The quantitative estimate of drug-likeness (QED) is 0.734. The molecule has 3 nitrogen and oxygen atoms in total. The van der Waals surface area contributed by atoms with E-state index >= 15 is 0 Å². The lowest BCUT2D eigenvalue weighted by Crippen LogP contribution is -2.37. The maximum Gasteiger partial charge on any atom is 0.126 e. The average molecular weight is 193 g/mol. The number of aliphatic hydroxyl groups is 1. The van der Waals surface area contributed by atoms with Gasteiger partial charge in [0.1, 0.15) is 18.0 Å². The summed E-state index contributed by atoms with van der Waals surface area (Å²) in [5, 5.41) is 9.67. The summed E-state index contributed by atoms with van der Waals surface area (Å²) in [6.45, 7) is 0. The van der Waals surface area contributed by atoms with Crippen LogP contribution in [0.3, 0.4) is 0 Å². The van der Waals surface area contributed by atoms with Gasteiger partial charge in [0, 0.05) is 6.04 Å². The Hall–Kier alpha value is -1.06. The van der Waals surface area contributed by atoms with E-state index < -0.39 is 6.10 Å². The van der Waals surface area contributed by atoms with E-state index in [2.05, 4.69) is 0 Å². The third kappa shape index (κ3) is 1.89. The number of nitrogens with two attached hydrogens (primary N) is 1. The summed E-state index contributed by atoms with van der Waals surface area (Å²) < 4.78 is 5.63. The molecule has 0 bridgehead atoms. The number of benzene rings is 1. The van der Waals surface area contributed by atoms with Gasteiger partial charge in [0.15, 0.2) is 0 Å². The van der Waals surface area contributed by atoms with Gasteiger partial charge in [-0.3, -0.25) is 0 Å². The number of aliphatic hydroxyl groups excluding tert-OH is 1. The molecule has 3 atom stereocenters. The fourth-order valence-electron chi connectivity index (χ4n) is 1.78. The van der Waals surface area contributed by atoms with Gasteiger partial charge in [0.2, 0.25) is 0 Å². The van der Waals surface area contributed by atoms with Gasteiger partial charge in [0.25, 0.3) is 0 Å². The highest BCUT2D eigenvalue weighted by atomic mass is 16.5. The van der Waals surface area contributed by atoms with E-state index in [1.165, 1.54) is 0 Å². The third-order valence-corrected chi connectivity index (χ3v) is 2.63. The topological polar surface area (TPSA) is 55.5 Å². The standard InChI is InChI=1S/C11H15NO2/c12-9-6-7-10(11(9)13)14-8-4-2-1-3-5-8/h1-5,9-11,13H,6-7,12H2/t9-,10+,11+/m0/s1. The fraction of sp³-hybridized carbons (Fsp3) is 0.455. The summed E-state index contributed by atoms with van der Waals surface area (Å²) in [5.41, 5.74) is 5.69. The molecule has 3 heteroatoms. The SMILES string of the molecule is N[C@H]1CC[C@@H](Oc2ccccc2)[C@@H]1O. The highest BCUT2D eigenvalue weighted by Gasteiger charge is 2.33. The van der Waals surface area contributed by atoms with Crippen LogP contribution in [0.15, 0.2) is 30.3 Å². The Morgan fingerprint density at radius 1 is 1.21 bits per heavy atom. The molecule has 0 aliphatic heterocycles. The molecule has 1 fully saturated rings. The number of ether oxygens (including phenoxy) is 1. The zero-order chi connectivity index (χ0) is 9.97. The van der Waals surface area contributed by atoms with E-state index in [1.807, 2.05) is 30.3 Å². The molecule has 0 aromatic heterocycles. The van der Waals surface area contributed by atoms with E-state index in [4.69, 9.17) is 10.5 Å². The predicted molar refractivity (Wildman–Crippen MR) is 54.1 cm³/mol. The number of hydrogen-bond donors (Lipinski definition) is 2. The van der Waals surface area contributed by atoms with E-state index in [-0.39, 0.29) is 12.1 Å². The van der Waals surface area contributed by atoms with E-state index in [9.17, 15) is 5.11 Å². The van der Waals surface area contributed by atoms with Crippen LogP contribution >= 0.6 is 0 Å². The van der Waals surface area contributed by atoms with Crippen LogP contribution in [0, 0.1) is 0 Å². The second-order valence-corrected chi connectivity index (χ2v) is 3.70. The van der Waals surface area contributed by atoms with E-state index in [1.54, 1.807) is 0 Å². The zero-order valence-corrected chi connectivity index (χ0v) is 7.97. The first-order chi connectivity index (χ1) is 6.77. The minimum absolute atomic E-state index is 0.135. The Morgan fingerprint density at radius 3 is 2.50 bits per heavy atom. The summed E-state index contributed by atoms with van der Waals surface area (Å²) in [6.07, 6.45) is 0.984. The molecule has 14 heavy (non-hydrogen) atoms. The zero-order valence-electron chi connectivity index (χ0n) is 7.97. The molecule has 0 radical (unpaired) electrons. The van der Waals surface area contributed by atoms with Gasteiger partial charge in [0.05, 0.1) is 0 Å². The van der Waals surface area contributed by atoms with Gasteiger partial charge in [-0.2, -0.15) is 0 Å². The van der Waals surface area contributed by atoms with Crippen molar-refractivity contribution in [1.82, 2.24) is 0 Å². The molecule has 0 spiro atoms. The fourth-order valence-corrected chi connectivity index (χ4v) is 1.78. The number of para-hydroxylation sites is 1. The van der Waals surface area contributed by atoms with Crippen LogP contribution in [0.25, 0.3) is 0 Å². The number of hydrogen-bond acceptors (Lipinski definition) is 3. The second kappa shape index (κ2) is 3.98. The highest BCUT2D eigenvalue weighted by Crippen LogP contribution is 2.23. The van der Waals surface area contributed by atoms with Crippen LogP contribution in [0.2, 0.25) is 0 Å². The molecule has 2 rings (SSSR count). The van der Waals surface area contributed by atoms with E-state index in [0.717, 1.165) is 18.6 Å². The highest BCUT2D eigenvalue weighted by molar-refractivity contribution is 5.21. The molecule has 1 aromatic carbocycles. The molecule has 0 unspecified atom stereocenters. The van der Waals surface area contributed by atoms with Crippen molar-refractivity contribution in [3.63, 3.8) is 0 Å². The molecule has 0 heterocycles. The summed E-state index contributed by atoms with van der Waals surface area (Å²) in [6, 6.07) is 9.40. The van der Waals surface area contributed by atoms with Crippen LogP contribution in [0.4, 0.5) is 0 Å². The summed E-state index contributed by atoms with van der Waals surface area (Å²) in [5.74, 6) is 0.797. The van der Waals surface area contributed by atoms with Gasteiger partial charge < -0.3 is 15.6 Å². The molecule has 1 saturated carbocycles. The molecule has 0 saturated heterocycles. The maximum atomic E-state index is 9.67. The average Bonchev–Trinajstić information content (AvgIpc) is 2.52. The molecular formula is C11H15NO2. The van der Waals surface area contributed by atoms with Crippen LogP contribution in [-0.2, 0) is 0 Å². The van der Waals surface area contributed by atoms with Crippen molar-refractivity contribution in [3.8, 4) is 5.75 Å². The van der Waals surface area contributed by atoms with Crippen molar-refractivity contribution in [3.05, 3.63) is 30.3 Å². The molecule has 1 aliphatic carbocycles. The van der Waals surface area contributed by atoms with Gasteiger partial charge in [-0.15, -0.1) is 0 Å². The monoisotopic (exact) mass is 193 g/mol. The van der Waals surface area contributed by atoms with Crippen molar-refractivity contribution in [2.45, 2.75) is 31.1 Å². The van der Waals surface area contributed by atoms with Gasteiger partial charge >= 0.3 is 0 Å². The van der Waals surface area contributed by atoms with E-state index in [0.29, 0.717) is 0 Å². The molecule has 3 N–H and O–H groups in total. The number of rotatable bonds is 2. The Morgan fingerprint density at radius 2 is 1.93 bits per heavy atom. The summed E-state index contributed by atoms with van der Waals surface area (Å²) in [4.78, 5) is 0. The third-order valence-electron chi connectivity index (χ3n) is 2.63. The van der Waals surface area contributed by atoms with Crippen LogP contribution < -0.4 is 10.5 Å². The minimum atomic E-state index is -0.532. The van der Waals surface area contributed by atoms with Gasteiger partial charge in [-0.05, 0) is 25.0 Å². The first kappa shape index (κ1) is 9.49. The van der Waals surface area contributed by atoms with Crippen LogP contribution in [0.1, 0.15) is 12.8 Å². The Kier molecular flexibility index (Phi) is 2.70. The predicted octanol–water partition coefficient (Wildman–Crippen LogP) is 0.916. The summed E-state index contributed by atoms with van der Waals surface area (Å²) >= 11 is 0. The van der Waals surface area contributed by atoms with Crippen LogP contribution in [-0.4, -0.2) is 23.4 Å². The second-order valence-electron chi connectivity index (χ2n) is 3.70. The van der Waals surface area contributed by atoms with Crippen molar-refractivity contribution in [2.75, 3.05) is 0 Å². The normalized spacial score (nSPS) is 31.7. The first-order valence-corrected chi connectivity index (χ1v) is 4.93. The molecule has 0 amide bonds. The first-order valence-electron chi connectivity index (χ1n) is 4.93. The molecule has 1 aromatic rings. The van der Waals surface area contributed by atoms with Crippen LogP contribution in [0.5, 0.6) is 5.75 Å². The Balaban J connectivity index is 1.99. The molecule has 1 aliphatic rings. The van der Waals surface area contributed by atoms with Crippen molar-refractivity contribution >= 4 is 0 Å². The van der Waals surface area contributed by atoms with Crippen molar-refractivity contribution < 1.29 is 9.84 Å². The lowest BCUT2D eigenvalue weighted by Gasteiger charge is -2.18. The maximum absolute atomic E-state index is 9.67. The molecular weight excluding hydrogens is 178 g/mol. The lowest BCUT2D eigenvalue weighted by molar-refractivity contribution is 0.0521. The van der Waals surface area contributed by atoms with Gasteiger partial charge in [-0.25, -0.2) is 0 Å². The Bertz CT molecular complexity index is 289. The minimum Gasteiger partial charge on any atom is -0.488 e. The largest absolute Gasteiger partial charge is 0.488 e. The lowest BCUT2D eigenvalue weighted by atomic mass is 10.2. The van der Waals surface area contributed by atoms with Crippen molar-refractivity contribution in [1.29, 1.82) is 0 Å². The Labute approximate surface area is 83.5 Å². The van der Waals surface area contributed by atoms with Crippen molar-refractivity contribution in [2.24, 2.45) is 5.73 Å². The van der Waals surface area contributed by atoms with Gasteiger partial charge in [-0.1, -0.05) is 18.2 Å². The smallest absolute Gasteiger partial charge is 0.126 e. The molecule has 76 valence electrons. The summed E-state index contributed by atoms with van der Waals surface area (Å²) in [7, 11) is 0.